The summed E-state index contributed by atoms with van der Waals surface area (Å²) in [5.41, 5.74) is 2.55. The Labute approximate surface area is 381 Å². The number of imide groups is 1. The van der Waals surface area contributed by atoms with E-state index in [1.807, 2.05) is 25.1 Å². The second-order valence-electron chi connectivity index (χ2n) is 19.0. The van der Waals surface area contributed by atoms with E-state index in [1.54, 1.807) is 33.3 Å². The molecular formula is C47H60F2N12O5. The van der Waals surface area contributed by atoms with E-state index >= 15 is 0 Å². The first-order valence-corrected chi connectivity index (χ1v) is 23.9. The highest BCUT2D eigenvalue weighted by Gasteiger charge is 2.41. The van der Waals surface area contributed by atoms with E-state index in [9.17, 15) is 28.0 Å². The summed E-state index contributed by atoms with van der Waals surface area (Å²) in [4.78, 5) is 63.7. The number of rotatable bonds is 15. The number of unbranched alkanes of at least 4 members (excludes halogenated alkanes) is 1. The van der Waals surface area contributed by atoms with E-state index in [2.05, 4.69) is 41.6 Å². The zero-order valence-corrected chi connectivity index (χ0v) is 37.8. The first kappa shape index (κ1) is 44.3. The van der Waals surface area contributed by atoms with Crippen molar-refractivity contribution >= 4 is 45.9 Å². The van der Waals surface area contributed by atoms with Crippen LogP contribution in [-0.2, 0) is 27.8 Å². The molecule has 2 N–H and O–H groups in total. The number of aryl methyl sites for hydroxylation is 2. The normalized spacial score (nSPS) is 25.2. The predicted molar refractivity (Wildman–Crippen MR) is 243 cm³/mol. The minimum absolute atomic E-state index is 0.00668. The zero-order valence-electron chi connectivity index (χ0n) is 37.8. The third kappa shape index (κ3) is 8.64. The Balaban J connectivity index is 0.705. The van der Waals surface area contributed by atoms with Crippen molar-refractivity contribution < 1.29 is 27.9 Å². The van der Waals surface area contributed by atoms with E-state index in [4.69, 9.17) is 9.72 Å². The van der Waals surface area contributed by atoms with Crippen LogP contribution in [0.3, 0.4) is 0 Å². The van der Waals surface area contributed by atoms with Gasteiger partial charge in [0.2, 0.25) is 11.8 Å². The molecule has 5 fully saturated rings. The van der Waals surface area contributed by atoms with Crippen molar-refractivity contribution in [1.82, 2.24) is 48.6 Å². The van der Waals surface area contributed by atoms with Gasteiger partial charge in [-0.3, -0.25) is 38.4 Å². The third-order valence-electron chi connectivity index (χ3n) is 14.9. The van der Waals surface area contributed by atoms with Crippen molar-refractivity contribution in [3.63, 3.8) is 0 Å². The lowest BCUT2D eigenvalue weighted by Gasteiger charge is -2.43. The molecule has 19 heteroatoms. The van der Waals surface area contributed by atoms with Crippen LogP contribution in [0.25, 0.3) is 16.7 Å². The van der Waals surface area contributed by atoms with Gasteiger partial charge in [0.25, 0.3) is 12.3 Å². The Kier molecular flexibility index (Phi) is 12.5. The van der Waals surface area contributed by atoms with Crippen LogP contribution in [0.1, 0.15) is 118 Å². The number of ether oxygens (including phenoxy) is 1. The molecule has 2 bridgehead atoms. The third-order valence-corrected chi connectivity index (χ3v) is 14.9. The van der Waals surface area contributed by atoms with Crippen LogP contribution in [0, 0.1) is 5.92 Å². The van der Waals surface area contributed by atoms with Crippen molar-refractivity contribution in [3.05, 3.63) is 70.2 Å². The standard InChI is InChI=1S/C47H60F2N12O5/c1-3-66-34-18-21-57(27-34)39-19-22-59-44(52-39)35(23-50-59)45(63)51-36-28-60(54-41(36)43(48)49)31-12-10-29(11-13-31)24-58-32-14-15-33(58)26-56(25-32)20-5-4-7-30-8-6-9-37-42(30)55(2)47(65)61(37)38-16-17-40(62)53-46(38)64/h6,8-9,19,22-23,28-29,31-34,38,43H,3-5,7,10-18,20-21,24-27H2,1-2H3,(H,51,63)(H,53,62,64)/t29?,31?,32-,33+,34-,38?/m1/s1. The lowest BCUT2D eigenvalue weighted by molar-refractivity contribution is -0.135. The van der Waals surface area contributed by atoms with Crippen LogP contribution in [0.2, 0.25) is 0 Å². The van der Waals surface area contributed by atoms with Gasteiger partial charge in [-0.25, -0.2) is 23.1 Å². The number of carbonyl (C=O) groups is 3. The maximum Gasteiger partial charge on any atom is 0.329 e. The highest BCUT2D eigenvalue weighted by Crippen LogP contribution is 2.38. The molecule has 5 aromatic rings. The second-order valence-corrected chi connectivity index (χ2v) is 19.0. The van der Waals surface area contributed by atoms with Crippen molar-refractivity contribution in [2.75, 3.05) is 56.1 Å². The number of aromatic nitrogens is 7. The molecule has 4 aromatic heterocycles. The number of hydrogen-bond donors (Lipinski definition) is 2. The van der Waals surface area contributed by atoms with E-state index < -0.39 is 30.0 Å². The number of halogens is 2. The van der Waals surface area contributed by atoms with Crippen molar-refractivity contribution in [1.29, 1.82) is 0 Å². The Bertz CT molecular complexity index is 2650. The topological polar surface area (TPSA) is 169 Å². The van der Waals surface area contributed by atoms with Crippen molar-refractivity contribution in [2.45, 2.75) is 121 Å². The Morgan fingerprint density at radius 1 is 0.970 bits per heavy atom. The number of imidazole rings is 1. The van der Waals surface area contributed by atoms with Gasteiger partial charge in [-0.15, -0.1) is 0 Å². The van der Waals surface area contributed by atoms with E-state index in [0.29, 0.717) is 49.0 Å². The minimum Gasteiger partial charge on any atom is -0.377 e. The first-order valence-electron chi connectivity index (χ1n) is 23.9. The number of alkyl halides is 2. The molecule has 4 saturated heterocycles. The summed E-state index contributed by atoms with van der Waals surface area (Å²) >= 11 is 0. The van der Waals surface area contributed by atoms with Crippen molar-refractivity contribution in [2.24, 2.45) is 13.0 Å². The number of piperazine rings is 1. The van der Waals surface area contributed by atoms with Gasteiger partial charge in [-0.05, 0) is 108 Å². The van der Waals surface area contributed by atoms with Crippen LogP contribution < -0.4 is 21.2 Å². The summed E-state index contributed by atoms with van der Waals surface area (Å²) in [5, 5.41) is 13.7. The van der Waals surface area contributed by atoms with Gasteiger partial charge >= 0.3 is 5.69 Å². The van der Waals surface area contributed by atoms with Crippen LogP contribution >= 0.6 is 0 Å². The highest BCUT2D eigenvalue weighted by atomic mass is 19.3. The van der Waals surface area contributed by atoms with E-state index in [1.165, 1.54) is 23.6 Å². The molecule has 10 rings (SSSR count). The van der Waals surface area contributed by atoms with Gasteiger partial charge in [0.05, 0.1) is 35.1 Å². The molecule has 17 nitrogen and oxygen atoms in total. The number of piperidine rings is 1. The fourth-order valence-electron chi connectivity index (χ4n) is 11.6. The lowest BCUT2D eigenvalue weighted by Crippen LogP contribution is -2.55. The quantitative estimate of drug-likeness (QED) is 0.104. The molecule has 1 unspecified atom stereocenters. The summed E-state index contributed by atoms with van der Waals surface area (Å²) in [5.74, 6) is -0.0496. The molecule has 4 aliphatic heterocycles. The number of carbonyl (C=O) groups excluding carboxylic acids is 3. The molecule has 3 amide bonds. The molecule has 66 heavy (non-hydrogen) atoms. The Morgan fingerprint density at radius 2 is 1.76 bits per heavy atom. The number of amides is 3. The molecule has 5 aliphatic rings. The fraction of sp³-hybridized carbons (Fsp3) is 0.596. The second kappa shape index (κ2) is 18.6. The number of hydrogen-bond acceptors (Lipinski definition) is 11. The molecule has 1 aliphatic carbocycles. The molecule has 8 heterocycles. The van der Waals surface area contributed by atoms with Crippen LogP contribution in [0.4, 0.5) is 20.3 Å². The highest BCUT2D eigenvalue weighted by molar-refractivity contribution is 6.08. The van der Waals surface area contributed by atoms with Gasteiger partial charge < -0.3 is 19.9 Å². The summed E-state index contributed by atoms with van der Waals surface area (Å²) in [6.07, 6.45) is 12.3. The average molecular weight is 911 g/mol. The van der Waals surface area contributed by atoms with E-state index in [-0.39, 0.29) is 41.4 Å². The number of nitrogens with zero attached hydrogens (tertiary/aromatic N) is 10. The molecule has 1 aromatic carbocycles. The van der Waals surface area contributed by atoms with Gasteiger partial charge in [-0.2, -0.15) is 10.2 Å². The summed E-state index contributed by atoms with van der Waals surface area (Å²) in [6, 6.07) is 8.11. The molecule has 0 spiro atoms. The minimum atomic E-state index is -2.85. The number of anilines is 2. The number of para-hydroxylation sites is 1. The smallest absolute Gasteiger partial charge is 0.329 e. The zero-order chi connectivity index (χ0) is 45.6. The number of likely N-dealkylation sites (tertiary alicyclic amines) is 1. The summed E-state index contributed by atoms with van der Waals surface area (Å²) in [7, 11) is 1.76. The van der Waals surface area contributed by atoms with E-state index in [0.717, 1.165) is 101 Å². The summed E-state index contributed by atoms with van der Waals surface area (Å²) in [6.45, 7) is 8.30. The maximum absolute atomic E-state index is 14.4. The number of benzene rings is 1. The van der Waals surface area contributed by atoms with Gasteiger partial charge in [0.15, 0.2) is 11.3 Å². The van der Waals surface area contributed by atoms with Gasteiger partial charge in [0, 0.05) is 77.3 Å². The summed E-state index contributed by atoms with van der Waals surface area (Å²) < 4.78 is 40.9. The van der Waals surface area contributed by atoms with Crippen LogP contribution in [-0.4, -0.2) is 125 Å². The lowest BCUT2D eigenvalue weighted by atomic mass is 9.85. The van der Waals surface area contributed by atoms with Crippen molar-refractivity contribution in [3.8, 4) is 0 Å². The van der Waals surface area contributed by atoms with Gasteiger partial charge in [-0.1, -0.05) is 12.1 Å². The molecule has 0 radical (unpaired) electrons. The molecule has 1 saturated carbocycles. The monoisotopic (exact) mass is 910 g/mol. The first-order chi connectivity index (χ1) is 32.0. The maximum atomic E-state index is 14.4. The fourth-order valence-corrected chi connectivity index (χ4v) is 11.6. The number of nitrogens with one attached hydrogen (secondary N) is 2. The largest absolute Gasteiger partial charge is 0.377 e. The van der Waals surface area contributed by atoms with Crippen LogP contribution in [0.15, 0.2) is 47.7 Å². The SMILES string of the molecule is CCO[C@@H]1CCN(c2ccn3ncc(C(=O)Nc4cn(C5CCC(CN6[C@@H]7CC[C@H]6CN(CCCCc6cccc8c6n(C)c(=O)n8C6CCC(=O)NC6=O)C7)CC5)nc4C(F)F)c3n2)C1. The predicted octanol–water partition coefficient (Wildman–Crippen LogP) is 5.26. The Hall–Kier alpha value is -5.53. The molecular weight excluding hydrogens is 851 g/mol. The average Bonchev–Trinajstić information content (AvgIpc) is 4.14. The molecule has 4 atom stereocenters. The Morgan fingerprint density at radius 3 is 2.52 bits per heavy atom. The van der Waals surface area contributed by atoms with Gasteiger partial charge in [0.1, 0.15) is 17.4 Å². The molecule has 352 valence electrons. The number of fused-ring (bicyclic) bond motifs is 4. The van der Waals surface area contributed by atoms with Crippen LogP contribution in [0.5, 0.6) is 0 Å².